The number of aliphatic hydroxyl groups is 1. The lowest BCUT2D eigenvalue weighted by Crippen LogP contribution is -2.35. The summed E-state index contributed by atoms with van der Waals surface area (Å²) in [6, 6.07) is 8.00. The summed E-state index contributed by atoms with van der Waals surface area (Å²) < 4.78 is 5.75. The molecule has 1 fully saturated rings. The standard InChI is InChI=1S/C19H30O2/c1-14(2)21-17-8-6-7-16(13-17)19(20)11-9-15(10-12-19)18(3,4)5/h6-8,13-15,20H,9-12H2,1-5H3. The van der Waals surface area contributed by atoms with Crippen LogP contribution >= 0.6 is 0 Å². The van der Waals surface area contributed by atoms with E-state index >= 15 is 0 Å². The first kappa shape index (κ1) is 16.4. The zero-order valence-electron chi connectivity index (χ0n) is 14.1. The molecule has 1 aliphatic carbocycles. The summed E-state index contributed by atoms with van der Waals surface area (Å²) in [5.74, 6) is 1.56. The van der Waals surface area contributed by atoms with Gasteiger partial charge in [-0.05, 0) is 68.6 Å². The fourth-order valence-electron chi connectivity index (χ4n) is 3.38. The average molecular weight is 290 g/mol. The predicted molar refractivity (Wildman–Crippen MR) is 87.5 cm³/mol. The van der Waals surface area contributed by atoms with Gasteiger partial charge in [0.2, 0.25) is 0 Å². The summed E-state index contributed by atoms with van der Waals surface area (Å²) >= 11 is 0. The Balaban J connectivity index is 2.11. The molecule has 1 aromatic rings. The Morgan fingerprint density at radius 3 is 2.33 bits per heavy atom. The summed E-state index contributed by atoms with van der Waals surface area (Å²) in [5.41, 5.74) is 0.662. The van der Waals surface area contributed by atoms with E-state index < -0.39 is 5.60 Å². The topological polar surface area (TPSA) is 29.5 Å². The van der Waals surface area contributed by atoms with Crippen LogP contribution < -0.4 is 4.74 Å². The number of hydrogen-bond donors (Lipinski definition) is 1. The fraction of sp³-hybridized carbons (Fsp3) is 0.684. The molecule has 0 bridgehead atoms. The maximum absolute atomic E-state index is 11.0. The van der Waals surface area contributed by atoms with Gasteiger partial charge in [-0.15, -0.1) is 0 Å². The number of rotatable bonds is 3. The highest BCUT2D eigenvalue weighted by Gasteiger charge is 2.38. The highest BCUT2D eigenvalue weighted by molar-refractivity contribution is 5.33. The summed E-state index contributed by atoms with van der Waals surface area (Å²) in [5, 5.41) is 11.0. The molecule has 0 aromatic heterocycles. The lowest BCUT2D eigenvalue weighted by molar-refractivity contribution is -0.0299. The molecule has 0 amide bonds. The van der Waals surface area contributed by atoms with E-state index in [1.165, 1.54) is 0 Å². The molecule has 0 atom stereocenters. The monoisotopic (exact) mass is 290 g/mol. The van der Waals surface area contributed by atoms with E-state index in [1.807, 2.05) is 38.1 Å². The molecule has 1 aliphatic rings. The molecule has 118 valence electrons. The van der Waals surface area contributed by atoms with E-state index in [9.17, 15) is 5.11 Å². The van der Waals surface area contributed by atoms with Gasteiger partial charge < -0.3 is 9.84 Å². The molecule has 1 N–H and O–H groups in total. The van der Waals surface area contributed by atoms with Crippen molar-refractivity contribution in [2.24, 2.45) is 11.3 Å². The molecule has 0 unspecified atom stereocenters. The lowest BCUT2D eigenvalue weighted by atomic mass is 9.67. The lowest BCUT2D eigenvalue weighted by Gasteiger charge is -2.41. The van der Waals surface area contributed by atoms with Gasteiger partial charge in [0.25, 0.3) is 0 Å². The second-order valence-corrected chi connectivity index (χ2v) is 7.87. The van der Waals surface area contributed by atoms with E-state index in [1.54, 1.807) is 0 Å². The molecular formula is C19H30O2. The van der Waals surface area contributed by atoms with Gasteiger partial charge in [-0.25, -0.2) is 0 Å². The van der Waals surface area contributed by atoms with Crippen LogP contribution in [0.1, 0.15) is 65.9 Å². The molecule has 2 heteroatoms. The van der Waals surface area contributed by atoms with Crippen molar-refractivity contribution in [3.8, 4) is 5.75 Å². The number of ether oxygens (including phenoxy) is 1. The highest BCUT2D eigenvalue weighted by Crippen LogP contribution is 2.45. The maximum Gasteiger partial charge on any atom is 0.120 e. The third-order valence-corrected chi connectivity index (χ3v) is 4.78. The molecule has 2 nitrogen and oxygen atoms in total. The van der Waals surface area contributed by atoms with Crippen LogP contribution in [0.2, 0.25) is 0 Å². The highest BCUT2D eigenvalue weighted by atomic mass is 16.5. The van der Waals surface area contributed by atoms with Crippen molar-refractivity contribution < 1.29 is 9.84 Å². The maximum atomic E-state index is 11.0. The molecule has 2 rings (SSSR count). The van der Waals surface area contributed by atoms with Crippen LogP contribution in [0.4, 0.5) is 0 Å². The Morgan fingerprint density at radius 1 is 1.19 bits per heavy atom. The molecule has 0 aliphatic heterocycles. The molecule has 0 heterocycles. The molecule has 0 saturated heterocycles. The Morgan fingerprint density at radius 2 is 1.81 bits per heavy atom. The van der Waals surface area contributed by atoms with Crippen molar-refractivity contribution >= 4 is 0 Å². The van der Waals surface area contributed by atoms with Gasteiger partial charge in [-0.2, -0.15) is 0 Å². The van der Waals surface area contributed by atoms with Crippen LogP contribution in [0.5, 0.6) is 5.75 Å². The van der Waals surface area contributed by atoms with Crippen LogP contribution in [0, 0.1) is 11.3 Å². The average Bonchev–Trinajstić information content (AvgIpc) is 2.37. The second-order valence-electron chi connectivity index (χ2n) is 7.87. The minimum Gasteiger partial charge on any atom is -0.491 e. The quantitative estimate of drug-likeness (QED) is 0.858. The van der Waals surface area contributed by atoms with E-state index in [-0.39, 0.29) is 6.10 Å². The number of hydrogen-bond acceptors (Lipinski definition) is 2. The van der Waals surface area contributed by atoms with E-state index in [0.717, 1.165) is 37.0 Å². The fourth-order valence-corrected chi connectivity index (χ4v) is 3.38. The summed E-state index contributed by atoms with van der Waals surface area (Å²) in [6.07, 6.45) is 4.04. The molecule has 21 heavy (non-hydrogen) atoms. The van der Waals surface area contributed by atoms with E-state index in [4.69, 9.17) is 4.74 Å². The minimum absolute atomic E-state index is 0.159. The van der Waals surface area contributed by atoms with Gasteiger partial charge in [0.15, 0.2) is 0 Å². The summed E-state index contributed by atoms with van der Waals surface area (Å²) in [4.78, 5) is 0. The van der Waals surface area contributed by atoms with Crippen molar-refractivity contribution in [2.75, 3.05) is 0 Å². The first-order chi connectivity index (χ1) is 9.71. The van der Waals surface area contributed by atoms with Gasteiger partial charge in [0.05, 0.1) is 11.7 Å². The predicted octanol–water partition coefficient (Wildman–Crippen LogP) is 4.90. The van der Waals surface area contributed by atoms with E-state index in [2.05, 4.69) is 20.8 Å². The molecule has 1 saturated carbocycles. The van der Waals surface area contributed by atoms with Crippen molar-refractivity contribution in [3.63, 3.8) is 0 Å². The molecule has 0 spiro atoms. The zero-order valence-corrected chi connectivity index (χ0v) is 14.1. The van der Waals surface area contributed by atoms with Crippen molar-refractivity contribution in [1.82, 2.24) is 0 Å². The Bertz CT molecular complexity index is 463. The third-order valence-electron chi connectivity index (χ3n) is 4.78. The van der Waals surface area contributed by atoms with Crippen molar-refractivity contribution in [3.05, 3.63) is 29.8 Å². The van der Waals surface area contributed by atoms with Gasteiger partial charge in [-0.3, -0.25) is 0 Å². The Kier molecular flexibility index (Phi) is 4.67. The van der Waals surface area contributed by atoms with Crippen LogP contribution in [-0.4, -0.2) is 11.2 Å². The summed E-state index contributed by atoms with van der Waals surface area (Å²) in [6.45, 7) is 11.0. The Labute approximate surface area is 129 Å². The first-order valence-corrected chi connectivity index (χ1v) is 8.20. The normalized spacial score (nSPS) is 26.9. The largest absolute Gasteiger partial charge is 0.491 e. The van der Waals surface area contributed by atoms with Crippen LogP contribution in [-0.2, 0) is 5.60 Å². The molecule has 0 radical (unpaired) electrons. The first-order valence-electron chi connectivity index (χ1n) is 8.20. The number of benzene rings is 1. The van der Waals surface area contributed by atoms with Crippen LogP contribution in [0.3, 0.4) is 0 Å². The van der Waals surface area contributed by atoms with Crippen LogP contribution in [0.15, 0.2) is 24.3 Å². The van der Waals surface area contributed by atoms with E-state index in [0.29, 0.717) is 11.3 Å². The second kappa shape index (κ2) is 6.00. The van der Waals surface area contributed by atoms with Crippen molar-refractivity contribution in [1.29, 1.82) is 0 Å². The molecule has 1 aromatic carbocycles. The minimum atomic E-state index is -0.682. The zero-order chi connectivity index (χ0) is 15.7. The smallest absolute Gasteiger partial charge is 0.120 e. The Hall–Kier alpha value is -1.02. The van der Waals surface area contributed by atoms with Gasteiger partial charge in [0, 0.05) is 0 Å². The van der Waals surface area contributed by atoms with Gasteiger partial charge in [0.1, 0.15) is 5.75 Å². The van der Waals surface area contributed by atoms with Crippen LogP contribution in [0.25, 0.3) is 0 Å². The molecular weight excluding hydrogens is 260 g/mol. The van der Waals surface area contributed by atoms with Gasteiger partial charge in [-0.1, -0.05) is 32.9 Å². The SMILES string of the molecule is CC(C)Oc1cccc(C2(O)CCC(C(C)(C)C)CC2)c1. The van der Waals surface area contributed by atoms with Gasteiger partial charge >= 0.3 is 0 Å². The third kappa shape index (κ3) is 4.00. The summed E-state index contributed by atoms with van der Waals surface area (Å²) in [7, 11) is 0. The van der Waals surface area contributed by atoms with Crippen molar-refractivity contribution in [2.45, 2.75) is 72.0 Å².